The SMILES string of the molecule is CC.CC(=O)N1CCc2ccc(Nc3nc(NCc4ccc(S(N)=O)cc4)cc(C(F)(F)F)n3)cc21. The fourth-order valence-electron chi connectivity index (χ4n) is 3.59. The smallest absolute Gasteiger partial charge is 0.366 e. The van der Waals surface area contributed by atoms with Gasteiger partial charge in [-0.3, -0.25) is 4.79 Å². The van der Waals surface area contributed by atoms with Crippen LogP contribution in [-0.2, 0) is 34.9 Å². The van der Waals surface area contributed by atoms with Crippen molar-refractivity contribution in [1.29, 1.82) is 0 Å². The lowest BCUT2D eigenvalue weighted by atomic mass is 10.1. The van der Waals surface area contributed by atoms with Crippen molar-refractivity contribution in [2.75, 3.05) is 22.1 Å². The monoisotopic (exact) mass is 520 g/mol. The Hall–Kier alpha value is -3.51. The van der Waals surface area contributed by atoms with Crippen molar-refractivity contribution in [1.82, 2.24) is 9.97 Å². The van der Waals surface area contributed by atoms with Gasteiger partial charge in [0.1, 0.15) is 16.8 Å². The summed E-state index contributed by atoms with van der Waals surface area (Å²) in [5.41, 5.74) is 1.79. The number of amides is 1. The van der Waals surface area contributed by atoms with Crippen LogP contribution in [0.3, 0.4) is 0 Å². The molecular weight excluding hydrogens is 493 g/mol. The van der Waals surface area contributed by atoms with E-state index in [2.05, 4.69) is 20.6 Å². The number of anilines is 4. The lowest BCUT2D eigenvalue weighted by Gasteiger charge is -2.16. The predicted octanol–water partition coefficient (Wildman–Crippen LogP) is 4.77. The highest BCUT2D eigenvalue weighted by molar-refractivity contribution is 7.82. The molecule has 8 nitrogen and oxygen atoms in total. The fraction of sp³-hybridized carbons (Fsp3) is 0.292. The third kappa shape index (κ3) is 6.58. The molecule has 192 valence electrons. The van der Waals surface area contributed by atoms with Gasteiger partial charge in [0.25, 0.3) is 0 Å². The molecule has 12 heteroatoms. The molecule has 0 radical (unpaired) electrons. The quantitative estimate of drug-likeness (QED) is 0.432. The molecule has 1 atom stereocenters. The summed E-state index contributed by atoms with van der Waals surface area (Å²) in [6.07, 6.45) is -3.96. The van der Waals surface area contributed by atoms with E-state index in [1.807, 2.05) is 19.9 Å². The van der Waals surface area contributed by atoms with E-state index < -0.39 is 22.9 Å². The average Bonchev–Trinajstić information content (AvgIpc) is 3.27. The average molecular weight is 521 g/mol. The van der Waals surface area contributed by atoms with Crippen molar-refractivity contribution in [3.05, 3.63) is 65.4 Å². The highest BCUT2D eigenvalue weighted by Gasteiger charge is 2.34. The van der Waals surface area contributed by atoms with Crippen LogP contribution in [0.5, 0.6) is 0 Å². The van der Waals surface area contributed by atoms with E-state index in [4.69, 9.17) is 5.14 Å². The van der Waals surface area contributed by atoms with Crippen molar-refractivity contribution in [2.24, 2.45) is 5.14 Å². The third-order valence-corrected chi connectivity index (χ3v) is 6.00. The summed E-state index contributed by atoms with van der Waals surface area (Å²) in [5.74, 6) is -0.371. The van der Waals surface area contributed by atoms with E-state index >= 15 is 0 Å². The van der Waals surface area contributed by atoms with Gasteiger partial charge in [0.05, 0.1) is 4.90 Å². The lowest BCUT2D eigenvalue weighted by molar-refractivity contribution is -0.141. The van der Waals surface area contributed by atoms with E-state index in [1.165, 1.54) is 6.92 Å². The van der Waals surface area contributed by atoms with Gasteiger partial charge < -0.3 is 15.5 Å². The van der Waals surface area contributed by atoms with Gasteiger partial charge in [-0.25, -0.2) is 14.3 Å². The number of fused-ring (bicyclic) bond motifs is 1. The molecular formula is C24H27F3N6O2S. The number of hydrogen-bond donors (Lipinski definition) is 3. The number of nitrogens with one attached hydrogen (secondary N) is 2. The summed E-state index contributed by atoms with van der Waals surface area (Å²) in [7, 11) is -1.61. The van der Waals surface area contributed by atoms with Crippen LogP contribution in [-0.4, -0.2) is 26.6 Å². The maximum absolute atomic E-state index is 13.5. The zero-order valence-corrected chi connectivity index (χ0v) is 20.8. The molecule has 1 aliphatic rings. The summed E-state index contributed by atoms with van der Waals surface area (Å²) in [6, 6.07) is 12.6. The number of alkyl halides is 3. The van der Waals surface area contributed by atoms with Crippen LogP contribution in [0.15, 0.2) is 53.4 Å². The van der Waals surface area contributed by atoms with Crippen LogP contribution < -0.4 is 20.7 Å². The Morgan fingerprint density at radius 2 is 1.81 bits per heavy atom. The zero-order chi connectivity index (χ0) is 26.5. The number of hydrogen-bond acceptors (Lipinski definition) is 6. The third-order valence-electron chi connectivity index (χ3n) is 5.26. The first kappa shape index (κ1) is 27.1. The van der Waals surface area contributed by atoms with Gasteiger partial charge >= 0.3 is 6.18 Å². The van der Waals surface area contributed by atoms with Crippen LogP contribution in [0.2, 0.25) is 0 Å². The van der Waals surface area contributed by atoms with E-state index in [1.54, 1.807) is 41.3 Å². The van der Waals surface area contributed by atoms with Gasteiger partial charge in [0.2, 0.25) is 11.9 Å². The van der Waals surface area contributed by atoms with Crippen molar-refractivity contribution in [3.8, 4) is 0 Å². The summed E-state index contributed by atoms with van der Waals surface area (Å²) >= 11 is 0. The Morgan fingerprint density at radius 1 is 1.11 bits per heavy atom. The first-order valence-electron chi connectivity index (χ1n) is 11.2. The summed E-state index contributed by atoms with van der Waals surface area (Å²) in [6.45, 7) is 6.20. The normalized spacial score (nSPS) is 13.4. The van der Waals surface area contributed by atoms with Gasteiger partial charge in [-0.2, -0.15) is 18.2 Å². The minimum Gasteiger partial charge on any atom is -0.366 e. The molecule has 4 N–H and O–H groups in total. The van der Waals surface area contributed by atoms with Gasteiger partial charge in [0, 0.05) is 37.5 Å². The Labute approximate surface area is 209 Å². The van der Waals surface area contributed by atoms with E-state index in [0.29, 0.717) is 29.2 Å². The maximum Gasteiger partial charge on any atom is 0.433 e. The van der Waals surface area contributed by atoms with Crippen LogP contribution in [0.25, 0.3) is 0 Å². The molecule has 36 heavy (non-hydrogen) atoms. The number of aromatic nitrogens is 2. The molecule has 0 saturated heterocycles. The molecule has 4 rings (SSSR count). The van der Waals surface area contributed by atoms with Gasteiger partial charge in [-0.1, -0.05) is 32.0 Å². The number of carbonyl (C=O) groups excluding carboxylic acids is 1. The fourth-order valence-corrected chi connectivity index (χ4v) is 3.99. The van der Waals surface area contributed by atoms with Crippen molar-refractivity contribution in [2.45, 2.75) is 44.8 Å². The summed E-state index contributed by atoms with van der Waals surface area (Å²) in [5, 5.41) is 11.0. The van der Waals surface area contributed by atoms with E-state index in [9.17, 15) is 22.2 Å². The van der Waals surface area contributed by atoms with E-state index in [0.717, 1.165) is 17.2 Å². The highest BCUT2D eigenvalue weighted by Crippen LogP contribution is 2.33. The van der Waals surface area contributed by atoms with Crippen molar-refractivity contribution >= 4 is 40.0 Å². The summed E-state index contributed by atoms with van der Waals surface area (Å²) < 4.78 is 51.7. The second-order valence-corrected chi connectivity index (χ2v) is 8.71. The molecule has 0 saturated carbocycles. The van der Waals surface area contributed by atoms with Gasteiger partial charge in [0.15, 0.2) is 5.69 Å². The standard InChI is InChI=1S/C22H21F3N6O2S.C2H6/c1-13(32)31-9-8-15-4-5-16(10-18(15)31)28-21-29-19(22(23,24)25)11-20(30-21)27-12-14-2-6-17(7-3-14)34(26)33;1-2/h2-7,10-11H,8-9,12,26H2,1H3,(H2,27,28,29,30);1-2H3. The molecule has 1 aromatic heterocycles. The molecule has 3 aromatic rings. The molecule has 1 aliphatic heterocycles. The van der Waals surface area contributed by atoms with Crippen LogP contribution in [0, 0.1) is 0 Å². The number of carbonyl (C=O) groups is 1. The second kappa shape index (κ2) is 11.5. The molecule has 2 aromatic carbocycles. The molecule has 1 amide bonds. The molecule has 0 fully saturated rings. The van der Waals surface area contributed by atoms with Crippen molar-refractivity contribution < 1.29 is 22.2 Å². The number of halogens is 3. The number of benzene rings is 2. The minimum absolute atomic E-state index is 0.0252. The Balaban J connectivity index is 0.00000176. The summed E-state index contributed by atoms with van der Waals surface area (Å²) in [4.78, 5) is 21.7. The Kier molecular flexibility index (Phi) is 8.64. The second-order valence-electron chi connectivity index (χ2n) is 7.64. The van der Waals surface area contributed by atoms with Crippen LogP contribution in [0.4, 0.5) is 36.3 Å². The van der Waals surface area contributed by atoms with Gasteiger partial charge in [-0.05, 0) is 41.8 Å². The topological polar surface area (TPSA) is 113 Å². The Bertz CT molecular complexity index is 1250. The van der Waals surface area contributed by atoms with E-state index in [-0.39, 0.29) is 24.2 Å². The zero-order valence-electron chi connectivity index (χ0n) is 20.0. The molecule has 0 spiro atoms. The molecule has 0 aliphatic carbocycles. The number of rotatable bonds is 6. The lowest BCUT2D eigenvalue weighted by Crippen LogP contribution is -2.25. The number of nitrogens with zero attached hydrogens (tertiary/aromatic N) is 3. The molecule has 0 bridgehead atoms. The first-order chi connectivity index (χ1) is 17.1. The molecule has 1 unspecified atom stereocenters. The Morgan fingerprint density at radius 3 is 2.42 bits per heavy atom. The highest BCUT2D eigenvalue weighted by atomic mass is 32.2. The van der Waals surface area contributed by atoms with Crippen LogP contribution >= 0.6 is 0 Å². The minimum atomic E-state index is -4.67. The maximum atomic E-state index is 13.5. The largest absolute Gasteiger partial charge is 0.433 e. The molecule has 2 heterocycles. The number of nitrogens with two attached hydrogens (primary N) is 1. The predicted molar refractivity (Wildman–Crippen MR) is 134 cm³/mol. The van der Waals surface area contributed by atoms with Gasteiger partial charge in [-0.15, -0.1) is 0 Å². The van der Waals surface area contributed by atoms with Crippen molar-refractivity contribution in [3.63, 3.8) is 0 Å². The van der Waals surface area contributed by atoms with Crippen LogP contribution in [0.1, 0.15) is 37.6 Å². The first-order valence-corrected chi connectivity index (χ1v) is 12.4.